The van der Waals surface area contributed by atoms with Crippen molar-refractivity contribution in [1.82, 2.24) is 9.55 Å². The Balaban J connectivity index is 3.30. The van der Waals surface area contributed by atoms with Gasteiger partial charge in [-0.25, -0.2) is 4.79 Å². The maximum Gasteiger partial charge on any atom is 0.330 e. The summed E-state index contributed by atoms with van der Waals surface area (Å²) in [6.45, 7) is 3.74. The number of nitrogens with zero attached hydrogens (tertiary/aromatic N) is 2. The van der Waals surface area contributed by atoms with Crippen LogP contribution in [0, 0.1) is 6.92 Å². The normalized spacial score (nSPS) is 11.9. The van der Waals surface area contributed by atoms with Crippen LogP contribution in [0.15, 0.2) is 15.9 Å². The summed E-state index contributed by atoms with van der Waals surface area (Å²) in [6, 6.07) is 0. The fourth-order valence-corrected chi connectivity index (χ4v) is 1.13. The van der Waals surface area contributed by atoms with Crippen molar-refractivity contribution in [2.24, 2.45) is 4.99 Å². The first kappa shape index (κ1) is 9.51. The van der Waals surface area contributed by atoms with Gasteiger partial charge >= 0.3 is 5.69 Å². The standard InChI is InChI=1S/C9H13N3O/c1-4-5-12-7(2)8(6-10-3)11-9(12)13/h4-6H,1-3H3,(H,11,13). The number of aromatic amines is 1. The van der Waals surface area contributed by atoms with Crippen molar-refractivity contribution in [1.29, 1.82) is 0 Å². The van der Waals surface area contributed by atoms with Crippen LogP contribution in [0.25, 0.3) is 6.20 Å². The van der Waals surface area contributed by atoms with Gasteiger partial charge < -0.3 is 4.98 Å². The Labute approximate surface area is 76.6 Å². The van der Waals surface area contributed by atoms with E-state index >= 15 is 0 Å². The molecule has 0 saturated carbocycles. The van der Waals surface area contributed by atoms with Crippen molar-refractivity contribution in [3.63, 3.8) is 0 Å². The molecule has 1 heterocycles. The highest BCUT2D eigenvalue weighted by atomic mass is 16.1. The molecule has 0 atom stereocenters. The lowest BCUT2D eigenvalue weighted by molar-refractivity contribution is 1.01. The molecule has 0 aliphatic rings. The summed E-state index contributed by atoms with van der Waals surface area (Å²) in [7, 11) is 1.67. The van der Waals surface area contributed by atoms with Crippen LogP contribution in [-0.4, -0.2) is 22.8 Å². The zero-order valence-corrected chi connectivity index (χ0v) is 8.03. The van der Waals surface area contributed by atoms with Gasteiger partial charge in [-0.2, -0.15) is 0 Å². The third-order valence-corrected chi connectivity index (χ3v) is 1.77. The van der Waals surface area contributed by atoms with Crippen LogP contribution in [0.5, 0.6) is 0 Å². The van der Waals surface area contributed by atoms with Gasteiger partial charge in [0.1, 0.15) is 0 Å². The molecule has 0 aromatic carbocycles. The number of H-pyrrole nitrogens is 1. The summed E-state index contributed by atoms with van der Waals surface area (Å²) in [5, 5.41) is 0. The zero-order valence-electron chi connectivity index (χ0n) is 8.03. The summed E-state index contributed by atoms with van der Waals surface area (Å²) < 4.78 is 1.55. The lowest BCUT2D eigenvalue weighted by Gasteiger charge is -1.94. The molecule has 0 amide bonds. The average molecular weight is 179 g/mol. The predicted molar refractivity (Wildman–Crippen MR) is 54.3 cm³/mol. The fraction of sp³-hybridized carbons (Fsp3) is 0.333. The first-order chi connectivity index (χ1) is 6.20. The molecule has 70 valence electrons. The van der Waals surface area contributed by atoms with Gasteiger partial charge in [0.2, 0.25) is 0 Å². The van der Waals surface area contributed by atoms with Gasteiger partial charge in [-0.1, -0.05) is 6.08 Å². The predicted octanol–water partition coefficient (Wildman–Crippen LogP) is 1.02. The molecular weight excluding hydrogens is 166 g/mol. The number of allylic oxidation sites excluding steroid dienone is 1. The van der Waals surface area contributed by atoms with Crippen LogP contribution in [0.2, 0.25) is 0 Å². The molecule has 4 nitrogen and oxygen atoms in total. The molecule has 0 aliphatic carbocycles. The van der Waals surface area contributed by atoms with Gasteiger partial charge in [0.25, 0.3) is 0 Å². The Morgan fingerprint density at radius 3 is 2.77 bits per heavy atom. The third-order valence-electron chi connectivity index (χ3n) is 1.77. The van der Waals surface area contributed by atoms with E-state index in [0.717, 1.165) is 11.4 Å². The summed E-state index contributed by atoms with van der Waals surface area (Å²) in [6.07, 6.45) is 5.17. The Bertz CT molecular complexity index is 395. The molecule has 0 bridgehead atoms. The highest BCUT2D eigenvalue weighted by Crippen LogP contribution is 1.99. The van der Waals surface area contributed by atoms with Crippen LogP contribution >= 0.6 is 0 Å². The maximum absolute atomic E-state index is 11.3. The van der Waals surface area contributed by atoms with Gasteiger partial charge in [-0.3, -0.25) is 9.56 Å². The summed E-state index contributed by atoms with van der Waals surface area (Å²) in [5.74, 6) is 0. The van der Waals surface area contributed by atoms with Gasteiger partial charge in [0.15, 0.2) is 0 Å². The second-order valence-electron chi connectivity index (χ2n) is 2.67. The van der Waals surface area contributed by atoms with E-state index in [9.17, 15) is 4.79 Å². The van der Waals surface area contributed by atoms with Gasteiger partial charge in [0, 0.05) is 25.2 Å². The number of hydrogen-bond acceptors (Lipinski definition) is 2. The minimum absolute atomic E-state index is 0.134. The molecule has 1 N–H and O–H groups in total. The molecule has 13 heavy (non-hydrogen) atoms. The van der Waals surface area contributed by atoms with E-state index < -0.39 is 0 Å². The quantitative estimate of drug-likeness (QED) is 0.677. The summed E-state index contributed by atoms with van der Waals surface area (Å²) in [4.78, 5) is 17.9. The molecule has 4 heteroatoms. The van der Waals surface area contributed by atoms with Crippen molar-refractivity contribution in [3.05, 3.63) is 27.9 Å². The van der Waals surface area contributed by atoms with Crippen LogP contribution in [0.1, 0.15) is 18.3 Å². The van der Waals surface area contributed by atoms with E-state index in [1.54, 1.807) is 24.0 Å². The maximum atomic E-state index is 11.3. The molecule has 0 spiro atoms. The van der Waals surface area contributed by atoms with E-state index in [2.05, 4.69) is 9.98 Å². The van der Waals surface area contributed by atoms with Crippen molar-refractivity contribution >= 4 is 12.4 Å². The van der Waals surface area contributed by atoms with Crippen molar-refractivity contribution < 1.29 is 0 Å². The number of imidazole rings is 1. The van der Waals surface area contributed by atoms with Crippen molar-refractivity contribution in [3.8, 4) is 0 Å². The Kier molecular flexibility index (Phi) is 2.84. The average Bonchev–Trinajstić information content (AvgIpc) is 2.34. The first-order valence-electron chi connectivity index (χ1n) is 4.06. The number of rotatable bonds is 2. The second-order valence-corrected chi connectivity index (χ2v) is 2.67. The van der Waals surface area contributed by atoms with Gasteiger partial charge in [-0.15, -0.1) is 0 Å². The lowest BCUT2D eigenvalue weighted by atomic mass is 10.4. The van der Waals surface area contributed by atoms with Crippen molar-refractivity contribution in [2.45, 2.75) is 13.8 Å². The van der Waals surface area contributed by atoms with Gasteiger partial charge in [-0.05, 0) is 13.8 Å². The molecule has 0 fully saturated rings. The topological polar surface area (TPSA) is 50.1 Å². The SMILES string of the molecule is CC=Cn1c(C)c(C=NC)[nH]c1=O. The van der Waals surface area contributed by atoms with E-state index in [0.29, 0.717) is 0 Å². The van der Waals surface area contributed by atoms with Crippen LogP contribution < -0.4 is 5.69 Å². The molecule has 0 saturated heterocycles. The Morgan fingerprint density at radius 1 is 1.54 bits per heavy atom. The molecule has 0 unspecified atom stereocenters. The number of aliphatic imine (C=N–C) groups is 1. The number of nitrogens with one attached hydrogen (secondary N) is 1. The highest BCUT2D eigenvalue weighted by molar-refractivity contribution is 5.78. The second kappa shape index (κ2) is 3.89. The molecule has 1 aromatic rings. The Morgan fingerprint density at radius 2 is 2.23 bits per heavy atom. The minimum atomic E-state index is -0.134. The van der Waals surface area contributed by atoms with E-state index in [1.807, 2.05) is 19.9 Å². The fourth-order valence-electron chi connectivity index (χ4n) is 1.13. The van der Waals surface area contributed by atoms with Crippen molar-refractivity contribution in [2.75, 3.05) is 7.05 Å². The number of aromatic nitrogens is 2. The van der Waals surface area contributed by atoms with Crippen LogP contribution in [0.3, 0.4) is 0 Å². The monoisotopic (exact) mass is 179 g/mol. The van der Waals surface area contributed by atoms with E-state index in [1.165, 1.54) is 0 Å². The first-order valence-corrected chi connectivity index (χ1v) is 4.06. The Hall–Kier alpha value is -1.58. The molecule has 0 aliphatic heterocycles. The number of hydrogen-bond donors (Lipinski definition) is 1. The van der Waals surface area contributed by atoms with Gasteiger partial charge in [0.05, 0.1) is 5.69 Å². The molecule has 0 radical (unpaired) electrons. The summed E-state index contributed by atoms with van der Waals surface area (Å²) >= 11 is 0. The molecule has 1 rings (SSSR count). The lowest BCUT2D eigenvalue weighted by Crippen LogP contribution is -2.12. The highest BCUT2D eigenvalue weighted by Gasteiger charge is 2.04. The van der Waals surface area contributed by atoms with E-state index in [-0.39, 0.29) is 5.69 Å². The zero-order chi connectivity index (χ0) is 9.84. The molecule has 1 aromatic heterocycles. The molecular formula is C9H13N3O. The summed E-state index contributed by atoms with van der Waals surface area (Å²) in [5.41, 5.74) is 1.49. The van der Waals surface area contributed by atoms with E-state index in [4.69, 9.17) is 0 Å². The smallest absolute Gasteiger partial charge is 0.304 e. The van der Waals surface area contributed by atoms with Crippen LogP contribution in [0.4, 0.5) is 0 Å². The largest absolute Gasteiger partial charge is 0.330 e. The third kappa shape index (κ3) is 1.77. The minimum Gasteiger partial charge on any atom is -0.304 e. The van der Waals surface area contributed by atoms with Crippen LogP contribution in [-0.2, 0) is 0 Å².